The van der Waals surface area contributed by atoms with Crippen LogP contribution in [0.4, 0.5) is 5.69 Å². The number of ketones is 1. The SMILES string of the molecule is COCCCn1c(C)cc(C(=O)COC(=O)c2cccc(NC(=O)c3cccs3)c2)c1C. The number of nitrogens with one attached hydrogen (secondary N) is 1. The van der Waals surface area contributed by atoms with Gasteiger partial charge in [0.2, 0.25) is 5.78 Å². The Morgan fingerprint density at radius 2 is 1.91 bits per heavy atom. The molecule has 3 rings (SSSR count). The molecular weight excluding hydrogens is 428 g/mol. The van der Waals surface area contributed by atoms with Crippen molar-refractivity contribution in [3.63, 3.8) is 0 Å². The number of esters is 1. The number of rotatable bonds is 10. The maximum absolute atomic E-state index is 12.7. The monoisotopic (exact) mass is 454 g/mol. The summed E-state index contributed by atoms with van der Waals surface area (Å²) >= 11 is 1.33. The molecule has 0 radical (unpaired) electrons. The van der Waals surface area contributed by atoms with E-state index < -0.39 is 5.97 Å². The number of hydrogen-bond acceptors (Lipinski definition) is 6. The first-order chi connectivity index (χ1) is 15.4. The first-order valence-corrected chi connectivity index (χ1v) is 11.1. The number of thiophene rings is 1. The van der Waals surface area contributed by atoms with E-state index in [-0.39, 0.29) is 23.9 Å². The molecule has 8 heteroatoms. The maximum Gasteiger partial charge on any atom is 0.338 e. The molecule has 0 fully saturated rings. The molecule has 1 aromatic carbocycles. The topological polar surface area (TPSA) is 86.6 Å². The summed E-state index contributed by atoms with van der Waals surface area (Å²) in [6, 6.07) is 11.8. The fourth-order valence-electron chi connectivity index (χ4n) is 3.41. The molecule has 2 heterocycles. The Morgan fingerprint density at radius 1 is 1.09 bits per heavy atom. The standard InChI is InChI=1S/C24H26N2O5S/c1-16-13-20(17(2)26(16)10-6-11-30-3)21(27)15-31-24(29)18-7-4-8-19(14-18)25-23(28)22-9-5-12-32-22/h4-5,7-9,12-14H,6,10-11,15H2,1-3H3,(H,25,28). The van der Waals surface area contributed by atoms with Crippen LogP contribution in [0.5, 0.6) is 0 Å². The van der Waals surface area contributed by atoms with Gasteiger partial charge in [-0.25, -0.2) is 4.79 Å². The quantitative estimate of drug-likeness (QED) is 0.277. The third-order valence-electron chi connectivity index (χ3n) is 5.04. The van der Waals surface area contributed by atoms with Crippen LogP contribution >= 0.6 is 11.3 Å². The van der Waals surface area contributed by atoms with Crippen molar-refractivity contribution in [2.45, 2.75) is 26.8 Å². The van der Waals surface area contributed by atoms with E-state index in [9.17, 15) is 14.4 Å². The average Bonchev–Trinajstić information content (AvgIpc) is 3.42. The third kappa shape index (κ3) is 5.72. The van der Waals surface area contributed by atoms with E-state index in [1.54, 1.807) is 37.4 Å². The minimum Gasteiger partial charge on any atom is -0.454 e. The lowest BCUT2D eigenvalue weighted by Gasteiger charge is -2.10. The third-order valence-corrected chi connectivity index (χ3v) is 5.91. The fraction of sp³-hybridized carbons (Fsp3) is 0.292. The molecule has 0 bridgehead atoms. The molecule has 3 aromatic rings. The van der Waals surface area contributed by atoms with Gasteiger partial charge in [0, 0.05) is 42.9 Å². The van der Waals surface area contributed by atoms with Crippen LogP contribution in [0.3, 0.4) is 0 Å². The molecular formula is C24H26N2O5S. The van der Waals surface area contributed by atoms with Crippen molar-refractivity contribution in [1.29, 1.82) is 0 Å². The molecule has 0 aliphatic rings. The molecule has 0 aliphatic heterocycles. The zero-order valence-corrected chi connectivity index (χ0v) is 19.2. The molecule has 168 valence electrons. The van der Waals surface area contributed by atoms with Crippen LogP contribution in [-0.2, 0) is 16.0 Å². The summed E-state index contributed by atoms with van der Waals surface area (Å²) in [4.78, 5) is 37.9. The molecule has 7 nitrogen and oxygen atoms in total. The Hall–Kier alpha value is -3.23. The highest BCUT2D eigenvalue weighted by atomic mass is 32.1. The molecule has 0 unspecified atom stereocenters. The smallest absolute Gasteiger partial charge is 0.338 e. The van der Waals surface area contributed by atoms with Gasteiger partial charge in [-0.2, -0.15) is 0 Å². The van der Waals surface area contributed by atoms with Crippen molar-refractivity contribution in [3.8, 4) is 0 Å². The Labute approximate surface area is 191 Å². The number of carbonyl (C=O) groups excluding carboxylic acids is 3. The summed E-state index contributed by atoms with van der Waals surface area (Å²) < 4.78 is 12.4. The molecule has 1 N–H and O–H groups in total. The van der Waals surface area contributed by atoms with Crippen LogP contribution in [0, 0.1) is 13.8 Å². The van der Waals surface area contributed by atoms with E-state index in [4.69, 9.17) is 9.47 Å². The van der Waals surface area contributed by atoms with Crippen molar-refractivity contribution in [2.24, 2.45) is 0 Å². The number of carbonyl (C=O) groups is 3. The Balaban J connectivity index is 1.60. The predicted octanol–water partition coefficient (Wildman–Crippen LogP) is 4.49. The highest BCUT2D eigenvalue weighted by Gasteiger charge is 2.18. The second-order valence-corrected chi connectivity index (χ2v) is 8.24. The van der Waals surface area contributed by atoms with Gasteiger partial charge in [0.25, 0.3) is 5.91 Å². The van der Waals surface area contributed by atoms with Crippen LogP contribution < -0.4 is 5.32 Å². The van der Waals surface area contributed by atoms with Crippen molar-refractivity contribution >= 4 is 34.7 Å². The van der Waals surface area contributed by atoms with Gasteiger partial charge in [0.05, 0.1) is 10.4 Å². The van der Waals surface area contributed by atoms with Crippen molar-refractivity contribution in [2.75, 3.05) is 25.6 Å². The minimum atomic E-state index is -0.625. The zero-order chi connectivity index (χ0) is 23.1. The summed E-state index contributed by atoms with van der Waals surface area (Å²) in [6.07, 6.45) is 0.842. The lowest BCUT2D eigenvalue weighted by Crippen LogP contribution is -2.16. The maximum atomic E-state index is 12.7. The largest absolute Gasteiger partial charge is 0.454 e. The lowest BCUT2D eigenvalue weighted by atomic mass is 10.1. The highest BCUT2D eigenvalue weighted by Crippen LogP contribution is 2.18. The number of nitrogens with zero attached hydrogens (tertiary/aromatic N) is 1. The molecule has 0 atom stereocenters. The van der Waals surface area contributed by atoms with Gasteiger partial charge in [-0.15, -0.1) is 11.3 Å². The van der Waals surface area contributed by atoms with Crippen molar-refractivity contribution < 1.29 is 23.9 Å². The van der Waals surface area contributed by atoms with Gasteiger partial charge < -0.3 is 19.4 Å². The van der Waals surface area contributed by atoms with Crippen LogP contribution in [-0.4, -0.2) is 42.6 Å². The van der Waals surface area contributed by atoms with Gasteiger partial charge in [-0.05, 0) is 56.0 Å². The number of Topliss-reactive ketones (excluding diaryl/α,β-unsaturated/α-hetero) is 1. The van der Waals surface area contributed by atoms with Gasteiger partial charge in [-0.1, -0.05) is 12.1 Å². The average molecular weight is 455 g/mol. The Morgan fingerprint density at radius 3 is 2.62 bits per heavy atom. The Bertz CT molecular complexity index is 1100. The normalized spacial score (nSPS) is 10.7. The van der Waals surface area contributed by atoms with E-state index in [2.05, 4.69) is 9.88 Å². The molecule has 0 aliphatic carbocycles. The molecule has 32 heavy (non-hydrogen) atoms. The molecule has 1 amide bonds. The summed E-state index contributed by atoms with van der Waals surface area (Å²) in [5.41, 5.74) is 3.10. The van der Waals surface area contributed by atoms with E-state index in [0.717, 1.165) is 24.4 Å². The summed E-state index contributed by atoms with van der Waals surface area (Å²) in [5, 5.41) is 4.57. The predicted molar refractivity (Wildman–Crippen MR) is 124 cm³/mol. The minimum absolute atomic E-state index is 0.249. The summed E-state index contributed by atoms with van der Waals surface area (Å²) in [5.74, 6) is -1.13. The molecule has 0 saturated heterocycles. The number of methoxy groups -OCH3 is 1. The number of benzene rings is 1. The van der Waals surface area contributed by atoms with Gasteiger partial charge >= 0.3 is 5.97 Å². The number of hydrogen-bond donors (Lipinski definition) is 1. The van der Waals surface area contributed by atoms with Gasteiger partial charge in [-0.3, -0.25) is 9.59 Å². The van der Waals surface area contributed by atoms with E-state index in [1.165, 1.54) is 17.4 Å². The number of aromatic nitrogens is 1. The first-order valence-electron chi connectivity index (χ1n) is 10.2. The van der Waals surface area contributed by atoms with Crippen molar-refractivity contribution in [1.82, 2.24) is 4.57 Å². The van der Waals surface area contributed by atoms with Gasteiger partial charge in [0.1, 0.15) is 0 Å². The van der Waals surface area contributed by atoms with Gasteiger partial charge in [0.15, 0.2) is 6.61 Å². The first kappa shape index (κ1) is 23.4. The summed E-state index contributed by atoms with van der Waals surface area (Å²) in [6.45, 7) is 4.87. The zero-order valence-electron chi connectivity index (χ0n) is 18.3. The van der Waals surface area contributed by atoms with E-state index >= 15 is 0 Å². The second kappa shape index (κ2) is 10.9. The lowest BCUT2D eigenvalue weighted by molar-refractivity contribution is 0.0474. The van der Waals surface area contributed by atoms with E-state index in [1.807, 2.05) is 25.3 Å². The van der Waals surface area contributed by atoms with Crippen LogP contribution in [0.15, 0.2) is 47.8 Å². The fourth-order valence-corrected chi connectivity index (χ4v) is 4.03. The highest BCUT2D eigenvalue weighted by molar-refractivity contribution is 7.12. The summed E-state index contributed by atoms with van der Waals surface area (Å²) in [7, 11) is 1.66. The van der Waals surface area contributed by atoms with Crippen LogP contribution in [0.25, 0.3) is 0 Å². The van der Waals surface area contributed by atoms with Crippen LogP contribution in [0.1, 0.15) is 48.2 Å². The number of aryl methyl sites for hydroxylation is 1. The van der Waals surface area contributed by atoms with Crippen LogP contribution in [0.2, 0.25) is 0 Å². The molecule has 0 saturated carbocycles. The number of anilines is 1. The van der Waals surface area contributed by atoms with Crippen molar-refractivity contribution in [3.05, 3.63) is 75.2 Å². The molecule has 0 spiro atoms. The number of amides is 1. The Kier molecular flexibility index (Phi) is 7.97. The van der Waals surface area contributed by atoms with E-state index in [0.29, 0.717) is 22.7 Å². The second-order valence-electron chi connectivity index (χ2n) is 7.29. The number of ether oxygens (including phenoxy) is 2. The molecule has 2 aromatic heterocycles.